The quantitative estimate of drug-likeness (QED) is 0.548. The van der Waals surface area contributed by atoms with Crippen LogP contribution >= 0.6 is 0 Å². The van der Waals surface area contributed by atoms with Crippen LogP contribution in [0.15, 0.2) is 0 Å². The lowest BCUT2D eigenvalue weighted by molar-refractivity contribution is 2.30. The van der Waals surface area contributed by atoms with Crippen molar-refractivity contribution in [3.05, 3.63) is 0 Å². The third-order valence-corrected chi connectivity index (χ3v) is 132. The van der Waals surface area contributed by atoms with Crippen molar-refractivity contribution in [3.63, 3.8) is 0 Å². The molecule has 0 nitrogen and oxygen atoms in total. The number of rotatable bonds is 4. The first-order valence-corrected chi connectivity index (χ1v) is 28.5. The molecule has 14 heavy (non-hydrogen) atoms. The zero-order valence-electron chi connectivity index (χ0n) is 9.00. The number of hydrogen-bond donors (Lipinski definition) is 0. The Morgan fingerprint density at radius 1 is 0.643 bits per heavy atom. The fourth-order valence-corrected chi connectivity index (χ4v) is 194. The second-order valence-electron chi connectivity index (χ2n) is 3.00. The summed E-state index contributed by atoms with van der Waals surface area (Å²) in [7, 11) is 11.5. The van der Waals surface area contributed by atoms with Crippen LogP contribution in [0.4, 0.5) is 0 Å². The molecule has 0 aromatic heterocycles. The minimum absolute atomic E-state index is 0.632. The highest BCUT2D eigenvalue weighted by Gasteiger charge is 2.51. The van der Waals surface area contributed by atoms with Gasteiger partial charge in [0, 0.05) is 82.7 Å². The maximum atomic E-state index is 2.57. The lowest BCUT2D eigenvalue weighted by atomic mass is 11.9. The van der Waals surface area contributed by atoms with Gasteiger partial charge in [-0.3, -0.25) is 0 Å². The van der Waals surface area contributed by atoms with Gasteiger partial charge in [-0.1, -0.05) is 26.2 Å². The molecule has 1 rings (SSSR count). The molecule has 1 heterocycles. The van der Waals surface area contributed by atoms with Crippen molar-refractivity contribution >= 4 is 82.7 Å². The third-order valence-electron chi connectivity index (χ3n) is 2.62. The predicted molar refractivity (Wildman–Crippen MR) is 81.0 cm³/mol. The molecule has 68 valence electrons. The zero-order valence-corrected chi connectivity index (χ0v) is 19.0. The Balaban J connectivity index is 2.96. The molecule has 0 aliphatic carbocycles. The first-order chi connectivity index (χ1) is 6.70. The molecule has 0 spiro atoms. The van der Waals surface area contributed by atoms with Gasteiger partial charge in [0.2, 0.25) is 0 Å². The van der Waals surface area contributed by atoms with Gasteiger partial charge in [0.25, 0.3) is 0 Å². The van der Waals surface area contributed by atoms with Crippen molar-refractivity contribution in [2.24, 2.45) is 0 Å². The molecule has 1 aliphatic heterocycles. The van der Waals surface area contributed by atoms with E-state index < -0.39 is 12.3 Å². The van der Waals surface area contributed by atoms with Crippen LogP contribution in [0.25, 0.3) is 0 Å². The average Bonchev–Trinajstić information content (AvgIpc) is 2.28. The van der Waals surface area contributed by atoms with Crippen molar-refractivity contribution in [3.8, 4) is 0 Å². The van der Waals surface area contributed by atoms with Gasteiger partial charge in [-0.2, -0.15) is 0 Å². The Morgan fingerprint density at radius 3 is 1.14 bits per heavy atom. The third kappa shape index (κ3) is 2.37. The summed E-state index contributed by atoms with van der Waals surface area (Å²) in [6.07, 6.45) is -1.26. The fraction of sp³-hybridized carbons (Fsp3) is 1.00. The Labute approximate surface area is 108 Å². The van der Waals surface area contributed by atoms with Gasteiger partial charge in [0.05, 0.1) is 0 Å². The molecule has 1 aliphatic rings. The van der Waals surface area contributed by atoms with Gasteiger partial charge in [-0.25, -0.2) is 0 Å². The van der Waals surface area contributed by atoms with Gasteiger partial charge < -0.3 is 0 Å². The van der Waals surface area contributed by atoms with E-state index in [2.05, 4.69) is 26.2 Å². The van der Waals surface area contributed by atoms with Crippen LogP contribution in [-0.4, -0.2) is 82.7 Å². The number of hydrogen-bond acceptors (Lipinski definition) is 0. The standard InChI is InChI=1S/C4H12Si10/c1-5-13(6-2)11-9-10-12-14(13,7-3)8-4/h1-4H3. The van der Waals surface area contributed by atoms with E-state index in [1.807, 2.05) is 0 Å². The molecule has 10 heteroatoms. The molecule has 0 aromatic rings. The van der Waals surface area contributed by atoms with Crippen LogP contribution in [-0.2, 0) is 0 Å². The van der Waals surface area contributed by atoms with E-state index in [-0.39, 0.29) is 0 Å². The smallest absolute Gasteiger partial charge is 0.0148 e. The summed E-state index contributed by atoms with van der Waals surface area (Å²) >= 11 is 0. The van der Waals surface area contributed by atoms with E-state index in [0.29, 0.717) is 0 Å². The lowest BCUT2D eigenvalue weighted by Crippen LogP contribution is -2.86. The van der Waals surface area contributed by atoms with Crippen molar-refractivity contribution in [1.29, 1.82) is 0 Å². The molecule has 1 fully saturated rings. The minimum Gasteiger partial charge on any atom is -0.0761 e. The zero-order chi connectivity index (χ0) is 10.7. The van der Waals surface area contributed by atoms with Gasteiger partial charge in [-0.05, 0) is 0 Å². The molecule has 0 saturated carbocycles. The van der Waals surface area contributed by atoms with Crippen LogP contribution in [0.2, 0.25) is 26.2 Å². The summed E-state index contributed by atoms with van der Waals surface area (Å²) < 4.78 is 0. The maximum Gasteiger partial charge on any atom is 0.0148 e. The topological polar surface area (TPSA) is 0 Å². The summed E-state index contributed by atoms with van der Waals surface area (Å²) in [6, 6.07) is 0. The molecule has 0 unspecified atom stereocenters. The normalized spacial score (nSPS) is 24.9. The molecule has 1 saturated heterocycles. The van der Waals surface area contributed by atoms with Gasteiger partial charge >= 0.3 is 0 Å². The van der Waals surface area contributed by atoms with Gasteiger partial charge in [0.1, 0.15) is 0 Å². The summed E-state index contributed by atoms with van der Waals surface area (Å²) in [5, 5.41) is 0. The highest BCUT2D eigenvalue weighted by atomic mass is 30.5. The molecule has 0 amide bonds. The van der Waals surface area contributed by atoms with E-state index >= 15 is 0 Å². The summed E-state index contributed by atoms with van der Waals surface area (Å²) in [6.45, 7) is 10.3. The van der Waals surface area contributed by atoms with Crippen LogP contribution in [0.5, 0.6) is 0 Å². The fourth-order valence-electron chi connectivity index (χ4n) is 1.69. The molecule has 0 aromatic carbocycles. The Bertz CT molecular complexity index is 153. The summed E-state index contributed by atoms with van der Waals surface area (Å²) in [5.41, 5.74) is 0. The second-order valence-corrected chi connectivity index (χ2v) is 63.0. The van der Waals surface area contributed by atoms with Crippen molar-refractivity contribution in [2.45, 2.75) is 26.2 Å². The molecular weight excluding hydrogens is 329 g/mol. The van der Waals surface area contributed by atoms with E-state index in [4.69, 9.17) is 0 Å². The summed E-state index contributed by atoms with van der Waals surface area (Å²) in [5.74, 6) is 0. The van der Waals surface area contributed by atoms with Crippen LogP contribution in [0.3, 0.4) is 0 Å². The van der Waals surface area contributed by atoms with Crippen molar-refractivity contribution in [2.75, 3.05) is 0 Å². The molecule has 0 atom stereocenters. The van der Waals surface area contributed by atoms with Crippen molar-refractivity contribution < 1.29 is 0 Å². The van der Waals surface area contributed by atoms with Gasteiger partial charge in [-0.15, -0.1) is 0 Å². The van der Waals surface area contributed by atoms with E-state index in [1.165, 1.54) is 70.4 Å². The SMILES string of the molecule is C[Si][Si]1([Si]C)[Si][Si][Si][Si][Si]1([Si]C)[Si]C. The molecule has 0 bridgehead atoms. The highest BCUT2D eigenvalue weighted by Crippen LogP contribution is 2.16. The predicted octanol–water partition coefficient (Wildman–Crippen LogP) is -1.47. The van der Waals surface area contributed by atoms with Crippen molar-refractivity contribution in [1.82, 2.24) is 0 Å². The Hall–Kier alpha value is 2.17. The Morgan fingerprint density at radius 2 is 0.929 bits per heavy atom. The highest BCUT2D eigenvalue weighted by molar-refractivity contribution is 8.21. The minimum atomic E-state index is -0.632. The molecular formula is C4H12Si10. The Kier molecular flexibility index (Phi) is 6.30. The largest absolute Gasteiger partial charge is 0.0761 e. The summed E-state index contributed by atoms with van der Waals surface area (Å²) in [4.78, 5) is 0. The second kappa shape index (κ2) is 6.20. The first kappa shape index (κ1) is 14.2. The van der Waals surface area contributed by atoms with E-state index in [0.717, 1.165) is 0 Å². The van der Waals surface area contributed by atoms with Crippen LogP contribution in [0.1, 0.15) is 0 Å². The van der Waals surface area contributed by atoms with E-state index in [1.54, 1.807) is 0 Å². The lowest BCUT2D eigenvalue weighted by Gasteiger charge is -2.49. The average molecular weight is 341 g/mol. The molecule has 0 N–H and O–H groups in total. The van der Waals surface area contributed by atoms with Crippen LogP contribution < -0.4 is 0 Å². The monoisotopic (exact) mass is 340 g/mol. The first-order valence-electron chi connectivity index (χ1n) is 4.50. The molecule has 16 radical (unpaired) electrons. The maximum absolute atomic E-state index is 2.57. The van der Waals surface area contributed by atoms with Crippen LogP contribution in [0, 0.1) is 0 Å². The van der Waals surface area contributed by atoms with Gasteiger partial charge in [0.15, 0.2) is 0 Å². The van der Waals surface area contributed by atoms with E-state index in [9.17, 15) is 0 Å².